The minimum atomic E-state index is -4.40. The second kappa shape index (κ2) is 14.6. The van der Waals surface area contributed by atoms with Crippen LogP contribution in [0.25, 0.3) is 11.1 Å². The van der Waals surface area contributed by atoms with E-state index in [4.69, 9.17) is 30.9 Å². The number of halogens is 2. The van der Waals surface area contributed by atoms with Crippen LogP contribution in [-0.2, 0) is 28.4 Å². The van der Waals surface area contributed by atoms with E-state index in [2.05, 4.69) is 5.32 Å². The van der Waals surface area contributed by atoms with Crippen LogP contribution in [0.1, 0.15) is 58.4 Å². The molecule has 3 atom stereocenters. The molecule has 3 N–H and O–H groups in total. The zero-order valence-electron chi connectivity index (χ0n) is 22.2. The Bertz CT molecular complexity index is 1200. The maximum atomic E-state index is 14.3. The first-order valence-electron chi connectivity index (χ1n) is 12.5. The number of amides is 1. The number of hydrogen-bond donors (Lipinski definition) is 3. The third-order valence-electron chi connectivity index (χ3n) is 5.97. The van der Waals surface area contributed by atoms with Gasteiger partial charge in [0.05, 0.1) is 12.6 Å². The highest BCUT2D eigenvalue weighted by Crippen LogP contribution is 2.35. The van der Waals surface area contributed by atoms with Crippen molar-refractivity contribution in [3.05, 3.63) is 58.9 Å². The lowest BCUT2D eigenvalue weighted by Gasteiger charge is -2.27. The molecule has 0 aliphatic carbocycles. The summed E-state index contributed by atoms with van der Waals surface area (Å²) in [7, 11) is -4.40. The second-order valence-electron chi connectivity index (χ2n) is 9.50. The van der Waals surface area contributed by atoms with E-state index < -0.39 is 62.1 Å². The summed E-state index contributed by atoms with van der Waals surface area (Å²) in [6.07, 6.45) is -2.41. The normalized spacial score (nSPS) is 13.9. The van der Waals surface area contributed by atoms with Gasteiger partial charge in [0.2, 0.25) is 12.2 Å². The van der Waals surface area contributed by atoms with E-state index in [1.807, 2.05) is 0 Å². The molecule has 0 saturated carbocycles. The van der Waals surface area contributed by atoms with E-state index in [9.17, 15) is 23.3 Å². The Kier molecular flexibility index (Phi) is 12.1. The van der Waals surface area contributed by atoms with Gasteiger partial charge in [-0.2, -0.15) is 0 Å². The Hall–Kier alpha value is -2.78. The quantitative estimate of drug-likeness (QED) is 0.166. The van der Waals surface area contributed by atoms with Gasteiger partial charge in [-0.3, -0.25) is 18.9 Å². The summed E-state index contributed by atoms with van der Waals surface area (Å²) in [6.45, 7) is 6.80. The molecule has 0 bridgehead atoms. The van der Waals surface area contributed by atoms with E-state index in [-0.39, 0.29) is 18.8 Å². The van der Waals surface area contributed by atoms with Crippen molar-refractivity contribution in [2.24, 2.45) is 5.92 Å². The van der Waals surface area contributed by atoms with E-state index in [1.54, 1.807) is 52.0 Å². The maximum Gasteiger partial charge on any atom is 0.326 e. The highest BCUT2D eigenvalue weighted by Gasteiger charge is 2.29. The van der Waals surface area contributed by atoms with E-state index >= 15 is 0 Å². The van der Waals surface area contributed by atoms with Crippen LogP contribution in [0.5, 0.6) is 0 Å². The Balaban J connectivity index is 2.25. The molecule has 1 amide bonds. The van der Waals surface area contributed by atoms with Gasteiger partial charge in [0.1, 0.15) is 5.82 Å². The smallest absolute Gasteiger partial charge is 0.326 e. The maximum absolute atomic E-state index is 14.3. The second-order valence-corrected chi connectivity index (χ2v) is 11.7. The summed E-state index contributed by atoms with van der Waals surface area (Å²) in [5.74, 6) is -3.15. The Labute approximate surface area is 232 Å². The molecule has 214 valence electrons. The number of ether oxygens (including phenoxy) is 2. The van der Waals surface area contributed by atoms with Crippen molar-refractivity contribution < 1.29 is 42.6 Å². The molecular formula is C27H34ClFNO8P. The Morgan fingerprint density at radius 1 is 1.03 bits per heavy atom. The van der Waals surface area contributed by atoms with Gasteiger partial charge in [-0.1, -0.05) is 63.6 Å². The standard InChI is InChI=1S/C27H34ClFNO8P/c1-5-25(32)37-27(16(2)3)38-26(33)15-23(30-24(31)12-13-39(34,35)36)17(4)18-6-8-19(9-7-18)21-14-20(28)10-11-22(21)29/h6-11,14,16-17,23,27H,5,12-13,15H2,1-4H3,(H,30,31)(H2,34,35,36). The minimum Gasteiger partial charge on any atom is -0.425 e. The average Bonchev–Trinajstić information content (AvgIpc) is 2.87. The van der Waals surface area contributed by atoms with Crippen LogP contribution in [0.15, 0.2) is 42.5 Å². The van der Waals surface area contributed by atoms with Crippen LogP contribution in [0.3, 0.4) is 0 Å². The Morgan fingerprint density at radius 3 is 2.21 bits per heavy atom. The van der Waals surface area contributed by atoms with Crippen molar-refractivity contribution in [2.75, 3.05) is 6.16 Å². The molecular weight excluding hydrogens is 552 g/mol. The molecule has 9 nitrogen and oxygen atoms in total. The fourth-order valence-corrected chi connectivity index (χ4v) is 4.33. The fraction of sp³-hybridized carbons (Fsp3) is 0.444. The first-order valence-corrected chi connectivity index (χ1v) is 14.7. The van der Waals surface area contributed by atoms with Gasteiger partial charge >= 0.3 is 19.5 Å². The summed E-state index contributed by atoms with van der Waals surface area (Å²) in [4.78, 5) is 55.3. The van der Waals surface area contributed by atoms with Crippen molar-refractivity contribution in [3.8, 4) is 11.1 Å². The van der Waals surface area contributed by atoms with Crippen LogP contribution in [-0.4, -0.2) is 46.1 Å². The van der Waals surface area contributed by atoms with Crippen molar-refractivity contribution in [2.45, 2.75) is 65.2 Å². The van der Waals surface area contributed by atoms with E-state index in [0.717, 1.165) is 0 Å². The summed E-state index contributed by atoms with van der Waals surface area (Å²) in [6, 6.07) is 10.2. The van der Waals surface area contributed by atoms with Gasteiger partial charge in [-0.05, 0) is 29.3 Å². The summed E-state index contributed by atoms with van der Waals surface area (Å²) < 4.78 is 36.1. The van der Waals surface area contributed by atoms with Gasteiger partial charge < -0.3 is 24.6 Å². The molecule has 0 aromatic heterocycles. The van der Waals surface area contributed by atoms with Gasteiger partial charge in [0.25, 0.3) is 0 Å². The molecule has 2 aromatic carbocycles. The Morgan fingerprint density at radius 2 is 1.64 bits per heavy atom. The third kappa shape index (κ3) is 10.7. The van der Waals surface area contributed by atoms with E-state index in [1.165, 1.54) is 18.2 Å². The predicted octanol–water partition coefficient (Wildman–Crippen LogP) is 5.17. The summed E-state index contributed by atoms with van der Waals surface area (Å²) in [5.41, 5.74) is 1.59. The molecule has 0 saturated heterocycles. The number of carbonyl (C=O) groups is 3. The van der Waals surface area contributed by atoms with Crippen LogP contribution in [0.2, 0.25) is 5.02 Å². The fourth-order valence-electron chi connectivity index (χ4n) is 3.66. The number of hydrogen-bond acceptors (Lipinski definition) is 6. The van der Waals surface area contributed by atoms with Crippen molar-refractivity contribution in [3.63, 3.8) is 0 Å². The summed E-state index contributed by atoms with van der Waals surface area (Å²) >= 11 is 6.00. The predicted molar refractivity (Wildman–Crippen MR) is 144 cm³/mol. The minimum absolute atomic E-state index is 0.102. The lowest BCUT2D eigenvalue weighted by molar-refractivity contribution is -0.196. The first kappa shape index (κ1) is 32.4. The number of benzene rings is 2. The van der Waals surface area contributed by atoms with Gasteiger partial charge in [0.15, 0.2) is 0 Å². The van der Waals surface area contributed by atoms with Crippen molar-refractivity contribution in [1.82, 2.24) is 5.32 Å². The van der Waals surface area contributed by atoms with Gasteiger partial charge in [0, 0.05) is 41.3 Å². The molecule has 0 heterocycles. The monoisotopic (exact) mass is 585 g/mol. The average molecular weight is 586 g/mol. The van der Waals surface area contributed by atoms with Crippen molar-refractivity contribution in [1.29, 1.82) is 0 Å². The number of esters is 2. The molecule has 0 radical (unpaired) electrons. The zero-order chi connectivity index (χ0) is 29.3. The molecule has 39 heavy (non-hydrogen) atoms. The van der Waals surface area contributed by atoms with Crippen LogP contribution in [0, 0.1) is 11.7 Å². The van der Waals surface area contributed by atoms with Gasteiger partial charge in [-0.15, -0.1) is 0 Å². The largest absolute Gasteiger partial charge is 0.425 e. The highest BCUT2D eigenvalue weighted by molar-refractivity contribution is 7.51. The number of rotatable bonds is 13. The summed E-state index contributed by atoms with van der Waals surface area (Å²) in [5, 5.41) is 3.05. The van der Waals surface area contributed by atoms with Crippen molar-refractivity contribution >= 4 is 37.0 Å². The molecule has 12 heteroatoms. The third-order valence-corrected chi connectivity index (χ3v) is 7.01. The molecule has 2 aromatic rings. The topological polar surface area (TPSA) is 139 Å². The lowest BCUT2D eigenvalue weighted by atomic mass is 9.89. The first-order chi connectivity index (χ1) is 18.2. The lowest BCUT2D eigenvalue weighted by Crippen LogP contribution is -2.41. The highest BCUT2D eigenvalue weighted by atomic mass is 35.5. The van der Waals surface area contributed by atoms with Crippen LogP contribution in [0.4, 0.5) is 4.39 Å². The number of nitrogens with one attached hydrogen (secondary N) is 1. The molecule has 0 spiro atoms. The zero-order valence-corrected chi connectivity index (χ0v) is 23.9. The molecule has 2 rings (SSSR count). The number of carbonyl (C=O) groups excluding carboxylic acids is 3. The van der Waals surface area contributed by atoms with Gasteiger partial charge in [-0.25, -0.2) is 4.39 Å². The SMILES string of the molecule is CCC(=O)OC(OC(=O)CC(NC(=O)CCP(=O)(O)O)C(C)c1ccc(-c2cc(Cl)ccc2F)cc1)C(C)C. The molecule has 0 fully saturated rings. The molecule has 0 aliphatic rings. The van der Waals surface area contributed by atoms with Crippen LogP contribution >= 0.6 is 19.2 Å². The van der Waals surface area contributed by atoms with Crippen LogP contribution < -0.4 is 5.32 Å². The van der Waals surface area contributed by atoms with E-state index in [0.29, 0.717) is 21.7 Å². The molecule has 3 unspecified atom stereocenters. The molecule has 0 aliphatic heterocycles.